The highest BCUT2D eigenvalue weighted by atomic mass is 16.6. The summed E-state index contributed by atoms with van der Waals surface area (Å²) in [6, 6.07) is 4.59. The fourth-order valence-corrected chi connectivity index (χ4v) is 1.80. The Hall–Kier alpha value is -2.76. The second kappa shape index (κ2) is 3.92. The Morgan fingerprint density at radius 2 is 2.17 bits per heavy atom. The monoisotopic (exact) mass is 241 g/mol. The van der Waals surface area contributed by atoms with Crippen LogP contribution in [0.4, 0.5) is 5.69 Å². The minimum absolute atomic E-state index is 0.00422. The lowest BCUT2D eigenvalue weighted by atomic mass is 10.1. The summed E-state index contributed by atoms with van der Waals surface area (Å²) in [5.74, 6) is 0. The Balaban J connectivity index is 2.33. The number of hydrogen-bond donors (Lipinski definition) is 0. The molecular formula is C12H7N3O3. The molecule has 0 amide bonds. The molecule has 2 aromatic heterocycles. The maximum atomic E-state index is 10.9. The zero-order valence-electron chi connectivity index (χ0n) is 9.11. The van der Waals surface area contributed by atoms with Crippen LogP contribution >= 0.6 is 0 Å². The number of nitrogens with zero attached hydrogens (tertiary/aromatic N) is 3. The molecule has 0 radical (unpaired) electrons. The van der Waals surface area contributed by atoms with Crippen molar-refractivity contribution < 1.29 is 9.34 Å². The van der Waals surface area contributed by atoms with Crippen molar-refractivity contribution in [1.29, 1.82) is 0 Å². The van der Waals surface area contributed by atoms with Gasteiger partial charge in [0.1, 0.15) is 5.58 Å². The lowest BCUT2D eigenvalue weighted by Crippen LogP contribution is -1.90. The topological polar surface area (TPSA) is 82.1 Å². The van der Waals surface area contributed by atoms with Crippen molar-refractivity contribution >= 4 is 16.7 Å². The predicted octanol–water partition coefficient (Wildman–Crippen LogP) is 2.80. The van der Waals surface area contributed by atoms with Gasteiger partial charge in [-0.15, -0.1) is 0 Å². The number of furan rings is 1. The maximum Gasteiger partial charge on any atom is 0.270 e. The highest BCUT2D eigenvalue weighted by Gasteiger charge is 2.15. The van der Waals surface area contributed by atoms with Gasteiger partial charge < -0.3 is 4.42 Å². The van der Waals surface area contributed by atoms with Crippen molar-refractivity contribution in [2.75, 3.05) is 0 Å². The molecule has 0 saturated carbocycles. The Bertz CT molecular complexity index is 722. The molecule has 6 heteroatoms. The fourth-order valence-electron chi connectivity index (χ4n) is 1.80. The Morgan fingerprint density at radius 3 is 2.89 bits per heavy atom. The highest BCUT2D eigenvalue weighted by molar-refractivity contribution is 5.93. The molecule has 0 saturated heterocycles. The third kappa shape index (κ3) is 1.60. The van der Waals surface area contributed by atoms with Crippen molar-refractivity contribution in [3.05, 3.63) is 53.2 Å². The van der Waals surface area contributed by atoms with Crippen molar-refractivity contribution in [2.45, 2.75) is 0 Å². The number of nitro groups is 1. The van der Waals surface area contributed by atoms with Gasteiger partial charge in [0.15, 0.2) is 0 Å². The number of rotatable bonds is 2. The van der Waals surface area contributed by atoms with Crippen LogP contribution in [0, 0.1) is 10.1 Å². The lowest BCUT2D eigenvalue weighted by molar-refractivity contribution is -0.384. The SMILES string of the molecule is O=[N+]([O-])c1cc(-c2cnccn2)c2occc2c1. The van der Waals surface area contributed by atoms with Crippen molar-refractivity contribution in [3.8, 4) is 11.3 Å². The van der Waals surface area contributed by atoms with Crippen LogP contribution in [0.15, 0.2) is 47.5 Å². The summed E-state index contributed by atoms with van der Waals surface area (Å²) in [7, 11) is 0. The molecule has 2 heterocycles. The van der Waals surface area contributed by atoms with Gasteiger partial charge in [0.25, 0.3) is 5.69 Å². The summed E-state index contributed by atoms with van der Waals surface area (Å²) in [6.45, 7) is 0. The molecule has 0 fully saturated rings. The quantitative estimate of drug-likeness (QED) is 0.509. The fraction of sp³-hybridized carbons (Fsp3) is 0. The number of fused-ring (bicyclic) bond motifs is 1. The van der Waals surface area contributed by atoms with Gasteiger partial charge in [0.2, 0.25) is 0 Å². The van der Waals surface area contributed by atoms with Crippen molar-refractivity contribution in [2.24, 2.45) is 0 Å². The van der Waals surface area contributed by atoms with Crippen LogP contribution in [0.3, 0.4) is 0 Å². The first kappa shape index (κ1) is 10.4. The average molecular weight is 241 g/mol. The van der Waals surface area contributed by atoms with E-state index in [1.54, 1.807) is 18.5 Å². The third-order valence-electron chi connectivity index (χ3n) is 2.59. The summed E-state index contributed by atoms with van der Waals surface area (Å²) >= 11 is 0. The van der Waals surface area contributed by atoms with Gasteiger partial charge in [-0.2, -0.15) is 0 Å². The number of non-ortho nitro benzene ring substituents is 1. The van der Waals surface area contributed by atoms with E-state index in [1.165, 1.54) is 24.6 Å². The molecule has 3 rings (SSSR count). The summed E-state index contributed by atoms with van der Waals surface area (Å²) < 4.78 is 5.35. The van der Waals surface area contributed by atoms with Crippen molar-refractivity contribution in [1.82, 2.24) is 9.97 Å². The largest absolute Gasteiger partial charge is 0.464 e. The zero-order chi connectivity index (χ0) is 12.5. The molecule has 0 N–H and O–H groups in total. The Kier molecular flexibility index (Phi) is 2.26. The minimum atomic E-state index is -0.438. The molecule has 0 aliphatic heterocycles. The van der Waals surface area contributed by atoms with Gasteiger partial charge in [0, 0.05) is 29.9 Å². The molecule has 3 aromatic rings. The van der Waals surface area contributed by atoms with Gasteiger partial charge in [-0.1, -0.05) is 0 Å². The van der Waals surface area contributed by atoms with Gasteiger partial charge in [-0.05, 0) is 6.07 Å². The van der Waals surface area contributed by atoms with E-state index in [-0.39, 0.29) is 5.69 Å². The number of nitro benzene ring substituents is 1. The third-order valence-corrected chi connectivity index (χ3v) is 2.59. The molecular weight excluding hydrogens is 234 g/mol. The molecule has 1 aromatic carbocycles. The number of benzene rings is 1. The lowest BCUT2D eigenvalue weighted by Gasteiger charge is -2.01. The van der Waals surface area contributed by atoms with Gasteiger partial charge >= 0.3 is 0 Å². The van der Waals surface area contributed by atoms with E-state index in [1.807, 2.05) is 0 Å². The molecule has 0 bridgehead atoms. The Morgan fingerprint density at radius 1 is 1.28 bits per heavy atom. The van der Waals surface area contributed by atoms with Crippen LogP contribution in [-0.4, -0.2) is 14.9 Å². The van der Waals surface area contributed by atoms with E-state index in [4.69, 9.17) is 4.42 Å². The second-order valence-electron chi connectivity index (χ2n) is 3.68. The van der Waals surface area contributed by atoms with Crippen molar-refractivity contribution in [3.63, 3.8) is 0 Å². The van der Waals surface area contributed by atoms with E-state index < -0.39 is 4.92 Å². The summed E-state index contributed by atoms with van der Waals surface area (Å²) in [5.41, 5.74) is 1.68. The molecule has 6 nitrogen and oxygen atoms in total. The van der Waals surface area contributed by atoms with Gasteiger partial charge in [-0.3, -0.25) is 20.1 Å². The number of aromatic nitrogens is 2. The van der Waals surface area contributed by atoms with Crippen LogP contribution in [-0.2, 0) is 0 Å². The van der Waals surface area contributed by atoms with Crippen LogP contribution in [0.5, 0.6) is 0 Å². The van der Waals surface area contributed by atoms with Crippen LogP contribution in [0.1, 0.15) is 0 Å². The van der Waals surface area contributed by atoms with E-state index >= 15 is 0 Å². The van der Waals surface area contributed by atoms with E-state index in [2.05, 4.69) is 9.97 Å². The average Bonchev–Trinajstić information content (AvgIpc) is 2.86. The summed E-state index contributed by atoms with van der Waals surface area (Å²) in [5, 5.41) is 11.6. The van der Waals surface area contributed by atoms with E-state index in [0.717, 1.165) is 0 Å². The molecule has 0 atom stereocenters. The number of hydrogen-bond acceptors (Lipinski definition) is 5. The first-order chi connectivity index (χ1) is 8.75. The first-order valence-corrected chi connectivity index (χ1v) is 5.18. The summed E-state index contributed by atoms with van der Waals surface area (Å²) in [4.78, 5) is 18.5. The molecule has 0 aliphatic rings. The molecule has 88 valence electrons. The predicted molar refractivity (Wildman–Crippen MR) is 63.9 cm³/mol. The van der Waals surface area contributed by atoms with Crippen LogP contribution in [0.2, 0.25) is 0 Å². The summed E-state index contributed by atoms with van der Waals surface area (Å²) in [6.07, 6.45) is 6.11. The smallest absolute Gasteiger partial charge is 0.270 e. The standard InChI is InChI=1S/C12H7N3O3/c16-15(17)9-5-8-1-4-18-12(8)10(6-9)11-7-13-2-3-14-11/h1-7H. The van der Waals surface area contributed by atoms with Gasteiger partial charge in [-0.25, -0.2) is 0 Å². The first-order valence-electron chi connectivity index (χ1n) is 5.18. The molecule has 18 heavy (non-hydrogen) atoms. The van der Waals surface area contributed by atoms with Crippen LogP contribution < -0.4 is 0 Å². The minimum Gasteiger partial charge on any atom is -0.464 e. The maximum absolute atomic E-state index is 10.9. The van der Waals surface area contributed by atoms with E-state index in [0.29, 0.717) is 22.2 Å². The normalized spacial score (nSPS) is 10.7. The van der Waals surface area contributed by atoms with Crippen LogP contribution in [0.25, 0.3) is 22.2 Å². The molecule has 0 unspecified atom stereocenters. The highest BCUT2D eigenvalue weighted by Crippen LogP contribution is 2.32. The molecule has 0 aliphatic carbocycles. The Labute approximate surface area is 101 Å². The second-order valence-corrected chi connectivity index (χ2v) is 3.68. The molecule has 0 spiro atoms. The van der Waals surface area contributed by atoms with Gasteiger partial charge in [0.05, 0.1) is 28.6 Å². The zero-order valence-corrected chi connectivity index (χ0v) is 9.11. The van der Waals surface area contributed by atoms with E-state index in [9.17, 15) is 10.1 Å².